The number of ether oxygens (including phenoxy) is 2. The average molecular weight is 275 g/mol. The first-order chi connectivity index (χ1) is 9.69. The number of aromatic nitrogens is 1. The summed E-state index contributed by atoms with van der Waals surface area (Å²) in [4.78, 5) is 11.0. The van der Waals surface area contributed by atoms with Crippen LogP contribution in [0.1, 0.15) is 18.9 Å². The third-order valence-corrected chi connectivity index (χ3v) is 3.43. The van der Waals surface area contributed by atoms with E-state index in [-0.39, 0.29) is 6.42 Å². The first kappa shape index (κ1) is 12.8. The number of nitrogens with zero attached hydrogens (tertiary/aromatic N) is 1. The largest absolute Gasteiger partial charge is 0.486 e. The predicted molar refractivity (Wildman–Crippen MR) is 74.6 cm³/mol. The predicted octanol–water partition coefficient (Wildman–Crippen LogP) is 2.45. The van der Waals surface area contributed by atoms with Gasteiger partial charge in [0.15, 0.2) is 11.5 Å². The Hall–Kier alpha value is -2.17. The highest BCUT2D eigenvalue weighted by Gasteiger charge is 2.18. The Bertz CT molecular complexity index is 659. The van der Waals surface area contributed by atoms with Crippen LogP contribution in [0.3, 0.4) is 0 Å². The van der Waals surface area contributed by atoms with Gasteiger partial charge in [0, 0.05) is 24.2 Å². The Labute approximate surface area is 116 Å². The molecular weight excluding hydrogens is 258 g/mol. The van der Waals surface area contributed by atoms with Gasteiger partial charge in [0.25, 0.3) is 0 Å². The summed E-state index contributed by atoms with van der Waals surface area (Å²) in [7, 11) is 0. The maximum absolute atomic E-state index is 11.0. The number of fused-ring (bicyclic) bond motifs is 2. The van der Waals surface area contributed by atoms with Crippen LogP contribution in [0, 0.1) is 0 Å². The number of aliphatic carboxylic acids is 1. The van der Waals surface area contributed by atoms with Gasteiger partial charge in [-0.15, -0.1) is 0 Å². The first-order valence-corrected chi connectivity index (χ1v) is 6.82. The molecule has 5 nitrogen and oxygen atoms in total. The average Bonchev–Trinajstić information content (AvgIpc) is 2.74. The quantitative estimate of drug-likeness (QED) is 0.931. The van der Waals surface area contributed by atoms with Gasteiger partial charge in [0.2, 0.25) is 0 Å². The topological polar surface area (TPSA) is 60.7 Å². The number of aryl methyl sites for hydroxylation is 1. The van der Waals surface area contributed by atoms with Gasteiger partial charge in [0.1, 0.15) is 13.2 Å². The number of hydrogen-bond donors (Lipinski definition) is 1. The van der Waals surface area contributed by atoms with Crippen molar-refractivity contribution in [1.82, 2.24) is 4.57 Å². The van der Waals surface area contributed by atoms with E-state index in [1.165, 1.54) is 0 Å². The molecule has 1 N–H and O–H groups in total. The molecule has 0 spiro atoms. The molecule has 3 rings (SSSR count). The van der Waals surface area contributed by atoms with Gasteiger partial charge in [-0.05, 0) is 18.1 Å². The lowest BCUT2D eigenvalue weighted by Gasteiger charge is -2.18. The van der Waals surface area contributed by atoms with Gasteiger partial charge < -0.3 is 19.1 Å². The van der Waals surface area contributed by atoms with Crippen molar-refractivity contribution >= 4 is 16.9 Å². The fraction of sp³-hybridized carbons (Fsp3) is 0.400. The van der Waals surface area contributed by atoms with Gasteiger partial charge in [0.05, 0.1) is 11.9 Å². The molecule has 5 heteroatoms. The molecular formula is C15H17NO4. The zero-order chi connectivity index (χ0) is 14.1. The van der Waals surface area contributed by atoms with Crippen LogP contribution in [-0.2, 0) is 17.8 Å². The lowest BCUT2D eigenvalue weighted by Crippen LogP contribution is -2.15. The van der Waals surface area contributed by atoms with Crippen LogP contribution in [0.5, 0.6) is 11.5 Å². The molecule has 1 aliphatic rings. The van der Waals surface area contributed by atoms with Crippen LogP contribution >= 0.6 is 0 Å². The number of carbonyl (C=O) groups is 1. The zero-order valence-corrected chi connectivity index (χ0v) is 11.4. The van der Waals surface area contributed by atoms with Crippen LogP contribution in [0.15, 0.2) is 18.3 Å². The van der Waals surface area contributed by atoms with Crippen LogP contribution in [0.4, 0.5) is 0 Å². The molecule has 20 heavy (non-hydrogen) atoms. The minimum atomic E-state index is -0.824. The van der Waals surface area contributed by atoms with Crippen molar-refractivity contribution < 1.29 is 19.4 Å². The van der Waals surface area contributed by atoms with Crippen molar-refractivity contribution in [3.8, 4) is 11.5 Å². The van der Waals surface area contributed by atoms with E-state index in [2.05, 4.69) is 11.5 Å². The molecule has 2 aromatic rings. The first-order valence-electron chi connectivity index (χ1n) is 6.82. The third-order valence-electron chi connectivity index (χ3n) is 3.43. The number of rotatable bonds is 4. The monoisotopic (exact) mass is 275 g/mol. The molecule has 0 unspecified atom stereocenters. The summed E-state index contributed by atoms with van der Waals surface area (Å²) in [6, 6.07) is 3.85. The van der Waals surface area contributed by atoms with Gasteiger partial charge in [-0.2, -0.15) is 0 Å². The molecule has 0 bridgehead atoms. The van der Waals surface area contributed by atoms with E-state index >= 15 is 0 Å². The van der Waals surface area contributed by atoms with Crippen LogP contribution in [-0.4, -0.2) is 28.9 Å². The molecule has 2 heterocycles. The second-order valence-electron chi connectivity index (χ2n) is 4.93. The summed E-state index contributed by atoms with van der Waals surface area (Å²) in [5.41, 5.74) is 1.82. The highest BCUT2D eigenvalue weighted by atomic mass is 16.6. The van der Waals surface area contributed by atoms with Gasteiger partial charge >= 0.3 is 5.97 Å². The van der Waals surface area contributed by atoms with Gasteiger partial charge in [-0.1, -0.05) is 6.92 Å². The Morgan fingerprint density at radius 1 is 1.30 bits per heavy atom. The van der Waals surface area contributed by atoms with Crippen molar-refractivity contribution in [1.29, 1.82) is 0 Å². The van der Waals surface area contributed by atoms with Crippen LogP contribution < -0.4 is 9.47 Å². The van der Waals surface area contributed by atoms with E-state index in [9.17, 15) is 4.79 Å². The van der Waals surface area contributed by atoms with E-state index in [4.69, 9.17) is 14.6 Å². The Balaban J connectivity index is 2.16. The molecule has 0 amide bonds. The second kappa shape index (κ2) is 5.07. The Morgan fingerprint density at radius 2 is 2.00 bits per heavy atom. The highest BCUT2D eigenvalue weighted by molar-refractivity contribution is 5.90. The standard InChI is InChI=1S/C15H17NO4/c1-2-3-16-9-10(6-15(17)18)11-7-13-14(8-12(11)16)20-5-4-19-13/h7-9H,2-6H2,1H3,(H,17,18). The van der Waals surface area contributed by atoms with Crippen molar-refractivity contribution in [2.45, 2.75) is 26.3 Å². The molecule has 0 saturated carbocycles. The summed E-state index contributed by atoms with van der Waals surface area (Å²) in [5.74, 6) is 0.612. The van der Waals surface area contributed by atoms with E-state index in [0.29, 0.717) is 19.0 Å². The number of carboxylic acids is 1. The Morgan fingerprint density at radius 3 is 2.65 bits per heavy atom. The highest BCUT2D eigenvalue weighted by Crippen LogP contribution is 2.36. The number of hydrogen-bond acceptors (Lipinski definition) is 3. The molecule has 1 aliphatic heterocycles. The summed E-state index contributed by atoms with van der Waals surface area (Å²) in [6.45, 7) is 4.04. The van der Waals surface area contributed by atoms with E-state index < -0.39 is 5.97 Å². The van der Waals surface area contributed by atoms with E-state index in [1.807, 2.05) is 18.3 Å². The fourth-order valence-electron chi connectivity index (χ4n) is 2.63. The molecule has 0 atom stereocenters. The lowest BCUT2D eigenvalue weighted by atomic mass is 10.1. The molecule has 1 aromatic carbocycles. The Kier molecular flexibility index (Phi) is 3.26. The second-order valence-corrected chi connectivity index (χ2v) is 4.93. The number of benzene rings is 1. The minimum absolute atomic E-state index is 0.0207. The third kappa shape index (κ3) is 2.19. The SMILES string of the molecule is CCCn1cc(CC(=O)O)c2cc3c(cc21)OCCO3. The molecule has 0 saturated heterocycles. The maximum atomic E-state index is 11.0. The van der Waals surface area contributed by atoms with Gasteiger partial charge in [-0.25, -0.2) is 0 Å². The summed E-state index contributed by atoms with van der Waals surface area (Å²) >= 11 is 0. The molecule has 0 fully saturated rings. The van der Waals surface area contributed by atoms with Crippen molar-refractivity contribution in [3.63, 3.8) is 0 Å². The van der Waals surface area contributed by atoms with E-state index in [0.717, 1.165) is 35.2 Å². The summed E-state index contributed by atoms with van der Waals surface area (Å²) in [5, 5.41) is 9.97. The minimum Gasteiger partial charge on any atom is -0.486 e. The van der Waals surface area contributed by atoms with Crippen molar-refractivity contribution in [3.05, 3.63) is 23.9 Å². The lowest BCUT2D eigenvalue weighted by molar-refractivity contribution is -0.136. The molecule has 0 aliphatic carbocycles. The van der Waals surface area contributed by atoms with Crippen LogP contribution in [0.2, 0.25) is 0 Å². The van der Waals surface area contributed by atoms with Crippen molar-refractivity contribution in [2.75, 3.05) is 13.2 Å². The van der Waals surface area contributed by atoms with Crippen LogP contribution in [0.25, 0.3) is 10.9 Å². The summed E-state index contributed by atoms with van der Waals surface area (Å²) < 4.78 is 13.3. The van der Waals surface area contributed by atoms with Gasteiger partial charge in [-0.3, -0.25) is 4.79 Å². The zero-order valence-electron chi connectivity index (χ0n) is 11.4. The summed E-state index contributed by atoms with van der Waals surface area (Å²) in [6.07, 6.45) is 2.94. The fourth-order valence-corrected chi connectivity index (χ4v) is 2.63. The molecule has 1 aromatic heterocycles. The molecule has 0 radical (unpaired) electrons. The van der Waals surface area contributed by atoms with Crippen molar-refractivity contribution in [2.24, 2.45) is 0 Å². The number of carboxylic acid groups (broad SMARTS) is 1. The maximum Gasteiger partial charge on any atom is 0.307 e. The normalized spacial score (nSPS) is 13.7. The molecule has 106 valence electrons. The van der Waals surface area contributed by atoms with E-state index in [1.54, 1.807) is 0 Å². The smallest absolute Gasteiger partial charge is 0.307 e.